The van der Waals surface area contributed by atoms with E-state index in [1.54, 1.807) is 7.11 Å². The standard InChI is InChI=1S/C15H22O2/c1-14(2)9-8-11-6-5-7-13(17-4)15(11,3)12(16)10-14/h5,7-9,11,13H,6,10H2,1-4H3/t11-,13+,15-/m1/s1. The number of methoxy groups -OCH3 is 1. The van der Waals surface area contributed by atoms with E-state index in [0.717, 1.165) is 6.42 Å². The fraction of sp³-hybridized carbons (Fsp3) is 0.667. The lowest BCUT2D eigenvalue weighted by Crippen LogP contribution is -2.47. The number of Topliss-reactive ketones (excluding diaryl/α,β-unsaturated/α-hetero) is 1. The van der Waals surface area contributed by atoms with Gasteiger partial charge < -0.3 is 4.74 Å². The Morgan fingerprint density at radius 3 is 2.65 bits per heavy atom. The van der Waals surface area contributed by atoms with Crippen LogP contribution in [-0.4, -0.2) is 19.0 Å². The first-order valence-electron chi connectivity index (χ1n) is 6.32. The molecule has 0 aromatic heterocycles. The highest BCUT2D eigenvalue weighted by Crippen LogP contribution is 2.46. The van der Waals surface area contributed by atoms with E-state index in [1.807, 2.05) is 6.08 Å². The molecule has 2 nitrogen and oxygen atoms in total. The highest BCUT2D eigenvalue weighted by molar-refractivity contribution is 5.87. The first-order valence-corrected chi connectivity index (χ1v) is 6.32. The van der Waals surface area contributed by atoms with Crippen molar-refractivity contribution in [2.75, 3.05) is 7.11 Å². The van der Waals surface area contributed by atoms with Crippen molar-refractivity contribution in [3.63, 3.8) is 0 Å². The summed E-state index contributed by atoms with van der Waals surface area (Å²) in [6, 6.07) is 0. The van der Waals surface area contributed by atoms with Gasteiger partial charge in [-0.15, -0.1) is 0 Å². The molecule has 0 heterocycles. The summed E-state index contributed by atoms with van der Waals surface area (Å²) in [7, 11) is 1.69. The molecule has 0 spiro atoms. The number of carbonyl (C=O) groups excluding carboxylic acids is 1. The third-order valence-electron chi connectivity index (χ3n) is 4.31. The molecule has 2 aliphatic rings. The second kappa shape index (κ2) is 4.09. The first kappa shape index (κ1) is 12.6. The van der Waals surface area contributed by atoms with Crippen LogP contribution >= 0.6 is 0 Å². The van der Waals surface area contributed by atoms with E-state index in [1.165, 1.54) is 0 Å². The van der Waals surface area contributed by atoms with E-state index in [9.17, 15) is 4.79 Å². The van der Waals surface area contributed by atoms with Gasteiger partial charge in [0.2, 0.25) is 0 Å². The zero-order valence-electron chi connectivity index (χ0n) is 11.2. The smallest absolute Gasteiger partial charge is 0.143 e. The third kappa shape index (κ3) is 1.99. The summed E-state index contributed by atoms with van der Waals surface area (Å²) < 4.78 is 5.52. The van der Waals surface area contributed by atoms with Crippen LogP contribution in [-0.2, 0) is 9.53 Å². The topological polar surface area (TPSA) is 26.3 Å². The molecule has 17 heavy (non-hydrogen) atoms. The van der Waals surface area contributed by atoms with Crippen molar-refractivity contribution >= 4 is 5.78 Å². The Kier molecular flexibility index (Phi) is 3.03. The van der Waals surface area contributed by atoms with Crippen molar-refractivity contribution in [2.24, 2.45) is 16.7 Å². The molecule has 2 heteroatoms. The Morgan fingerprint density at radius 1 is 1.29 bits per heavy atom. The molecule has 0 radical (unpaired) electrons. The van der Waals surface area contributed by atoms with Crippen LogP contribution in [0.1, 0.15) is 33.6 Å². The van der Waals surface area contributed by atoms with E-state index < -0.39 is 5.41 Å². The molecule has 3 atom stereocenters. The fourth-order valence-corrected chi connectivity index (χ4v) is 3.01. The molecule has 0 amide bonds. The average Bonchev–Trinajstić information content (AvgIpc) is 2.34. The van der Waals surface area contributed by atoms with Crippen LogP contribution in [0.3, 0.4) is 0 Å². The van der Waals surface area contributed by atoms with Crippen molar-refractivity contribution in [1.29, 1.82) is 0 Å². The lowest BCUT2D eigenvalue weighted by molar-refractivity contribution is -0.138. The van der Waals surface area contributed by atoms with Crippen LogP contribution in [0.25, 0.3) is 0 Å². The zero-order chi connectivity index (χ0) is 12.7. The van der Waals surface area contributed by atoms with Gasteiger partial charge in [0.15, 0.2) is 0 Å². The minimum atomic E-state index is -0.395. The second-order valence-electron chi connectivity index (χ2n) is 6.16. The van der Waals surface area contributed by atoms with Gasteiger partial charge in [-0.3, -0.25) is 4.79 Å². The van der Waals surface area contributed by atoms with Gasteiger partial charge >= 0.3 is 0 Å². The summed E-state index contributed by atoms with van der Waals surface area (Å²) in [5, 5.41) is 0. The molecule has 0 aliphatic heterocycles. The maximum absolute atomic E-state index is 12.6. The number of hydrogen-bond donors (Lipinski definition) is 0. The van der Waals surface area contributed by atoms with Gasteiger partial charge in [-0.1, -0.05) is 38.2 Å². The number of ketones is 1. The molecule has 0 saturated heterocycles. The van der Waals surface area contributed by atoms with Crippen LogP contribution in [0.2, 0.25) is 0 Å². The number of rotatable bonds is 1. The summed E-state index contributed by atoms with van der Waals surface area (Å²) >= 11 is 0. The number of hydrogen-bond acceptors (Lipinski definition) is 2. The molecule has 0 aromatic carbocycles. The van der Waals surface area contributed by atoms with Crippen LogP contribution in [0.5, 0.6) is 0 Å². The molecule has 0 unspecified atom stereocenters. The minimum absolute atomic E-state index is 0.0320. The van der Waals surface area contributed by atoms with Crippen molar-refractivity contribution in [2.45, 2.75) is 39.7 Å². The first-order chi connectivity index (χ1) is 7.90. The maximum atomic E-state index is 12.6. The average molecular weight is 234 g/mol. The number of fused-ring (bicyclic) bond motifs is 1. The molecule has 2 rings (SSSR count). The van der Waals surface area contributed by atoms with Crippen LogP contribution < -0.4 is 0 Å². The Balaban J connectivity index is 2.43. The number of carbonyl (C=O) groups is 1. The molecular weight excluding hydrogens is 212 g/mol. The molecule has 0 bridgehead atoms. The molecule has 0 saturated carbocycles. The van der Waals surface area contributed by atoms with Crippen LogP contribution in [0.4, 0.5) is 0 Å². The van der Waals surface area contributed by atoms with E-state index in [-0.39, 0.29) is 17.4 Å². The third-order valence-corrected chi connectivity index (χ3v) is 4.31. The molecular formula is C15H22O2. The van der Waals surface area contributed by atoms with Crippen LogP contribution in [0.15, 0.2) is 24.3 Å². The Morgan fingerprint density at radius 2 is 2.00 bits per heavy atom. The van der Waals surface area contributed by atoms with Crippen molar-refractivity contribution in [1.82, 2.24) is 0 Å². The van der Waals surface area contributed by atoms with Gasteiger partial charge in [-0.2, -0.15) is 0 Å². The Bertz CT molecular complexity index is 378. The van der Waals surface area contributed by atoms with Gasteiger partial charge in [0, 0.05) is 13.5 Å². The molecule has 94 valence electrons. The summed E-state index contributed by atoms with van der Waals surface area (Å²) in [6.45, 7) is 6.30. The lowest BCUT2D eigenvalue weighted by Gasteiger charge is -2.41. The van der Waals surface area contributed by atoms with Crippen molar-refractivity contribution in [3.8, 4) is 0 Å². The molecule has 0 fully saturated rings. The number of ether oxygens (including phenoxy) is 1. The summed E-state index contributed by atoms with van der Waals surface area (Å²) in [5.74, 6) is 0.598. The summed E-state index contributed by atoms with van der Waals surface area (Å²) in [5.41, 5.74) is -0.427. The normalized spacial score (nSPS) is 39.9. The largest absolute Gasteiger partial charge is 0.376 e. The highest BCUT2D eigenvalue weighted by Gasteiger charge is 2.49. The minimum Gasteiger partial charge on any atom is -0.376 e. The van der Waals surface area contributed by atoms with Crippen molar-refractivity contribution in [3.05, 3.63) is 24.3 Å². The summed E-state index contributed by atoms with van der Waals surface area (Å²) in [6.07, 6.45) is 10.1. The molecule has 0 aromatic rings. The maximum Gasteiger partial charge on any atom is 0.143 e. The van der Waals surface area contributed by atoms with Gasteiger partial charge in [-0.25, -0.2) is 0 Å². The quantitative estimate of drug-likeness (QED) is 0.651. The predicted molar refractivity (Wildman–Crippen MR) is 68.7 cm³/mol. The summed E-state index contributed by atoms with van der Waals surface area (Å²) in [4.78, 5) is 12.6. The van der Waals surface area contributed by atoms with Gasteiger partial charge in [-0.05, 0) is 24.7 Å². The zero-order valence-corrected chi connectivity index (χ0v) is 11.2. The van der Waals surface area contributed by atoms with Gasteiger partial charge in [0.25, 0.3) is 0 Å². The SMILES string of the molecule is CO[C@H]1C=CC[C@@H]2C=CC(C)(C)CC(=O)[C@]12C. The highest BCUT2D eigenvalue weighted by atomic mass is 16.5. The predicted octanol–water partition coefficient (Wildman–Crippen LogP) is 3.14. The van der Waals surface area contributed by atoms with Gasteiger partial charge in [0.1, 0.15) is 5.78 Å². The van der Waals surface area contributed by atoms with E-state index >= 15 is 0 Å². The van der Waals surface area contributed by atoms with Crippen LogP contribution in [0, 0.1) is 16.7 Å². The molecule has 0 N–H and O–H groups in total. The van der Waals surface area contributed by atoms with Crippen molar-refractivity contribution < 1.29 is 9.53 Å². The van der Waals surface area contributed by atoms with Gasteiger partial charge in [0.05, 0.1) is 11.5 Å². The fourth-order valence-electron chi connectivity index (χ4n) is 3.01. The Hall–Kier alpha value is -0.890. The monoisotopic (exact) mass is 234 g/mol. The van der Waals surface area contributed by atoms with E-state index in [0.29, 0.717) is 12.2 Å². The second-order valence-corrected chi connectivity index (χ2v) is 6.16. The molecule has 2 aliphatic carbocycles. The van der Waals surface area contributed by atoms with E-state index in [2.05, 4.69) is 39.0 Å². The number of allylic oxidation sites excluding steroid dienone is 3. The van der Waals surface area contributed by atoms with E-state index in [4.69, 9.17) is 4.74 Å². The lowest BCUT2D eigenvalue weighted by atomic mass is 9.65. The Labute approximate surface area is 104 Å².